The lowest BCUT2D eigenvalue weighted by Gasteiger charge is -2.35. The van der Waals surface area contributed by atoms with E-state index in [-0.39, 0.29) is 24.2 Å². The van der Waals surface area contributed by atoms with Gasteiger partial charge >= 0.3 is 5.97 Å². The first-order valence-corrected chi connectivity index (χ1v) is 18.3. The van der Waals surface area contributed by atoms with Gasteiger partial charge in [-0.3, -0.25) is 24.0 Å². The second kappa shape index (κ2) is 21.8. The number of nitrogens with one attached hydrogen (secondary N) is 3. The summed E-state index contributed by atoms with van der Waals surface area (Å²) >= 11 is 0. The molecule has 1 saturated heterocycles. The Balaban J connectivity index is 1.69. The molecule has 1 aliphatic heterocycles. The van der Waals surface area contributed by atoms with Crippen molar-refractivity contribution in [2.75, 3.05) is 26.7 Å². The van der Waals surface area contributed by atoms with E-state index in [0.29, 0.717) is 57.7 Å². The Bertz CT molecular complexity index is 1380. The summed E-state index contributed by atoms with van der Waals surface area (Å²) in [4.78, 5) is 68.0. The van der Waals surface area contributed by atoms with Crippen LogP contribution >= 0.6 is 0 Å². The van der Waals surface area contributed by atoms with Crippen molar-refractivity contribution in [2.24, 2.45) is 23.3 Å². The summed E-state index contributed by atoms with van der Waals surface area (Å²) < 4.78 is 4.74. The van der Waals surface area contributed by atoms with Gasteiger partial charge in [0, 0.05) is 25.9 Å². The number of nitrogens with zero attached hydrogens (tertiary/aromatic N) is 1. The zero-order valence-electron chi connectivity index (χ0n) is 30.5. The lowest BCUT2D eigenvalue weighted by Crippen LogP contribution is -2.59. The molecule has 7 N–H and O–H groups in total. The maximum atomic E-state index is 13.9. The van der Waals surface area contributed by atoms with Gasteiger partial charge in [-0.1, -0.05) is 74.5 Å². The Hall–Kier alpha value is -4.29. The van der Waals surface area contributed by atoms with Crippen molar-refractivity contribution in [1.82, 2.24) is 20.9 Å². The minimum Gasteiger partial charge on any atom is -0.469 e. The number of carbonyl (C=O) groups excluding carboxylic acids is 5. The summed E-state index contributed by atoms with van der Waals surface area (Å²) in [5, 5.41) is 8.66. The number of rotatable bonds is 20. The highest BCUT2D eigenvalue weighted by atomic mass is 16.5. The maximum absolute atomic E-state index is 13.9. The van der Waals surface area contributed by atoms with E-state index in [1.54, 1.807) is 4.90 Å². The third kappa shape index (κ3) is 14.5. The molecule has 2 aromatic carbocycles. The van der Waals surface area contributed by atoms with Crippen LogP contribution in [0.4, 0.5) is 0 Å². The van der Waals surface area contributed by atoms with Crippen LogP contribution in [0.5, 0.6) is 0 Å². The van der Waals surface area contributed by atoms with Gasteiger partial charge in [-0.05, 0) is 80.9 Å². The van der Waals surface area contributed by atoms with Crippen molar-refractivity contribution in [3.8, 4) is 0 Å². The molecule has 1 fully saturated rings. The van der Waals surface area contributed by atoms with Gasteiger partial charge in [0.25, 0.3) is 0 Å². The monoisotopic (exact) mass is 706 g/mol. The Morgan fingerprint density at radius 1 is 0.784 bits per heavy atom. The molecule has 0 aromatic heterocycles. The van der Waals surface area contributed by atoms with Crippen LogP contribution < -0.4 is 27.4 Å². The zero-order chi connectivity index (χ0) is 37.2. The Morgan fingerprint density at radius 2 is 1.33 bits per heavy atom. The fraction of sp³-hybridized carbons (Fsp3) is 0.564. The molecule has 0 bridgehead atoms. The Kier molecular flexibility index (Phi) is 17.6. The molecule has 51 heavy (non-hydrogen) atoms. The van der Waals surface area contributed by atoms with Crippen LogP contribution in [0.25, 0.3) is 0 Å². The molecule has 0 spiro atoms. The van der Waals surface area contributed by atoms with Gasteiger partial charge in [-0.15, -0.1) is 0 Å². The fourth-order valence-corrected chi connectivity index (χ4v) is 6.43. The van der Waals surface area contributed by atoms with Gasteiger partial charge in [-0.25, -0.2) is 0 Å². The third-order valence-corrected chi connectivity index (χ3v) is 9.35. The molecule has 0 unspecified atom stereocenters. The lowest BCUT2D eigenvalue weighted by atomic mass is 9.91. The number of ether oxygens (including phenoxy) is 1. The van der Waals surface area contributed by atoms with E-state index in [1.807, 2.05) is 74.5 Å². The van der Waals surface area contributed by atoms with Crippen molar-refractivity contribution in [3.63, 3.8) is 0 Å². The molecule has 0 saturated carbocycles. The van der Waals surface area contributed by atoms with Gasteiger partial charge in [0.15, 0.2) is 0 Å². The summed E-state index contributed by atoms with van der Waals surface area (Å²) in [7, 11) is 1.39. The molecule has 12 heteroatoms. The second-order valence-corrected chi connectivity index (χ2v) is 14.0. The number of carbonyl (C=O) groups is 5. The van der Waals surface area contributed by atoms with Gasteiger partial charge in [0.2, 0.25) is 23.6 Å². The Morgan fingerprint density at radius 3 is 1.90 bits per heavy atom. The topological polar surface area (TPSA) is 186 Å². The molecule has 1 aliphatic rings. The molecule has 0 aliphatic carbocycles. The highest BCUT2D eigenvalue weighted by Gasteiger charge is 2.33. The average Bonchev–Trinajstić information content (AvgIpc) is 3.13. The summed E-state index contributed by atoms with van der Waals surface area (Å²) in [5.41, 5.74) is 13.8. The maximum Gasteiger partial charge on any atom is 0.305 e. The van der Waals surface area contributed by atoms with E-state index < -0.39 is 41.9 Å². The first-order valence-electron chi connectivity index (χ1n) is 18.3. The summed E-state index contributed by atoms with van der Waals surface area (Å²) in [6.07, 6.45) is 5.40. The van der Waals surface area contributed by atoms with Crippen molar-refractivity contribution in [3.05, 3.63) is 71.8 Å². The first-order chi connectivity index (χ1) is 24.5. The average molecular weight is 707 g/mol. The van der Waals surface area contributed by atoms with E-state index in [4.69, 9.17) is 16.2 Å². The van der Waals surface area contributed by atoms with Crippen LogP contribution in [0.15, 0.2) is 60.7 Å². The molecule has 0 radical (unpaired) electrons. The van der Waals surface area contributed by atoms with Crippen molar-refractivity contribution >= 4 is 29.6 Å². The van der Waals surface area contributed by atoms with Crippen LogP contribution in [0, 0.1) is 11.8 Å². The van der Waals surface area contributed by atoms with Crippen molar-refractivity contribution in [2.45, 2.75) is 102 Å². The van der Waals surface area contributed by atoms with Crippen LogP contribution in [0.3, 0.4) is 0 Å². The molecule has 3 rings (SSSR count). The molecular weight excluding hydrogens is 648 g/mol. The normalized spacial score (nSPS) is 15.7. The lowest BCUT2D eigenvalue weighted by molar-refractivity contribution is -0.140. The highest BCUT2D eigenvalue weighted by molar-refractivity contribution is 5.95. The van der Waals surface area contributed by atoms with Crippen LogP contribution in [0.1, 0.15) is 76.3 Å². The Labute approximate surface area is 302 Å². The minimum atomic E-state index is -0.993. The highest BCUT2D eigenvalue weighted by Crippen LogP contribution is 2.24. The number of piperidine rings is 1. The third-order valence-electron chi connectivity index (χ3n) is 9.35. The number of benzene rings is 2. The van der Waals surface area contributed by atoms with Crippen LogP contribution in [-0.4, -0.2) is 85.4 Å². The smallest absolute Gasteiger partial charge is 0.305 e. The number of likely N-dealkylation sites (tertiary alicyclic amines) is 1. The van der Waals surface area contributed by atoms with E-state index in [2.05, 4.69) is 16.0 Å². The summed E-state index contributed by atoms with van der Waals surface area (Å²) in [6, 6.07) is 15.1. The number of methoxy groups -OCH3 is 1. The number of hydrogen-bond acceptors (Lipinski definition) is 8. The standard InChI is InChI=1S/C39H58N6O6/c1-27(2)24-33(37(48)42-32(17-11-21-40)39(50)45-22-19-28(20-23-45)16-10-18-35(46)51-3)44-38(49)34(26-30-14-8-5-9-15-30)43-36(47)31(41)25-29-12-6-4-7-13-29/h4-9,12-15,27-28,31-34H,10-11,16-26,40-41H2,1-3H3,(H,42,48)(H,43,47)(H,44,49)/t31-,32-,33-,34-/m1/s1. The quantitative estimate of drug-likeness (QED) is 0.130. The summed E-state index contributed by atoms with van der Waals surface area (Å²) in [5.74, 6) is -1.37. The van der Waals surface area contributed by atoms with Gasteiger partial charge in [0.05, 0.1) is 13.2 Å². The van der Waals surface area contributed by atoms with Crippen molar-refractivity contribution < 1.29 is 28.7 Å². The molecule has 2 aromatic rings. The van der Waals surface area contributed by atoms with Crippen LogP contribution in [0.2, 0.25) is 0 Å². The minimum absolute atomic E-state index is 0.0407. The van der Waals surface area contributed by atoms with E-state index in [9.17, 15) is 24.0 Å². The fourth-order valence-electron chi connectivity index (χ4n) is 6.43. The first kappa shape index (κ1) is 41.1. The van der Waals surface area contributed by atoms with Gasteiger partial charge in [0.1, 0.15) is 18.1 Å². The summed E-state index contributed by atoms with van der Waals surface area (Å²) in [6.45, 7) is 5.39. The van der Waals surface area contributed by atoms with E-state index >= 15 is 0 Å². The number of hydrogen-bond donors (Lipinski definition) is 5. The molecular formula is C39H58N6O6. The van der Waals surface area contributed by atoms with Crippen LogP contribution in [-0.2, 0) is 41.6 Å². The van der Waals surface area contributed by atoms with Gasteiger partial charge in [-0.2, -0.15) is 0 Å². The zero-order valence-corrected chi connectivity index (χ0v) is 30.5. The molecule has 1 heterocycles. The molecule has 4 atom stereocenters. The number of nitrogens with two attached hydrogens (primary N) is 2. The molecule has 12 nitrogen and oxygen atoms in total. The van der Waals surface area contributed by atoms with E-state index in [0.717, 1.165) is 36.8 Å². The number of esters is 1. The predicted octanol–water partition coefficient (Wildman–Crippen LogP) is 2.62. The predicted molar refractivity (Wildman–Crippen MR) is 197 cm³/mol. The SMILES string of the molecule is COC(=O)CCCC1CCN(C(=O)[C@@H](CCCN)NC(=O)[C@@H](CC(C)C)NC(=O)[C@@H](Cc2ccccc2)NC(=O)[C@H](N)Cc2ccccc2)CC1. The van der Waals surface area contributed by atoms with E-state index in [1.165, 1.54) is 7.11 Å². The largest absolute Gasteiger partial charge is 0.469 e. The second-order valence-electron chi connectivity index (χ2n) is 14.0. The van der Waals surface area contributed by atoms with Crippen molar-refractivity contribution in [1.29, 1.82) is 0 Å². The van der Waals surface area contributed by atoms with Gasteiger partial charge < -0.3 is 37.1 Å². The number of amides is 4. The molecule has 280 valence electrons. The molecule has 4 amide bonds.